The van der Waals surface area contributed by atoms with Crippen molar-refractivity contribution in [3.63, 3.8) is 0 Å². The van der Waals surface area contributed by atoms with Gasteiger partial charge in [-0.15, -0.1) is 0 Å². The van der Waals surface area contributed by atoms with E-state index in [2.05, 4.69) is 19.2 Å². The molecule has 4 N–H and O–H groups in total. The monoisotopic (exact) mass is 1010 g/mol. The quantitative estimate of drug-likeness (QED) is 0.0602. The molecule has 1 heterocycles. The van der Waals surface area contributed by atoms with Crippen LogP contribution in [0.15, 0.2) is 30.3 Å². The van der Waals surface area contributed by atoms with Crippen LogP contribution in [0.4, 0.5) is 13.2 Å². The number of rotatable bonds is 29. The molecule has 0 spiro atoms. The lowest BCUT2D eigenvalue weighted by atomic mass is 9.83. The van der Waals surface area contributed by atoms with Crippen molar-refractivity contribution in [2.24, 2.45) is 47.2 Å². The van der Waals surface area contributed by atoms with Gasteiger partial charge in [0.2, 0.25) is 17.7 Å². The zero-order valence-electron chi connectivity index (χ0n) is 44.8. The van der Waals surface area contributed by atoms with Gasteiger partial charge in [-0.3, -0.25) is 33.7 Å². The Balaban J connectivity index is 0.00000333. The highest BCUT2D eigenvalue weighted by atomic mass is 19.4. The number of aliphatic carboxylic acids is 1. The van der Waals surface area contributed by atoms with Gasteiger partial charge >= 0.3 is 18.1 Å². The third kappa shape index (κ3) is 20.5. The number of esters is 1. The molecule has 1 aromatic carbocycles. The number of ketones is 2. The first kappa shape index (κ1) is 64.6. The predicted octanol–water partition coefficient (Wildman–Crippen LogP) is 6.21. The van der Waals surface area contributed by atoms with E-state index in [0.717, 1.165) is 18.4 Å². The van der Waals surface area contributed by atoms with E-state index >= 15 is 0 Å². The molecule has 1 fully saturated rings. The third-order valence-corrected chi connectivity index (χ3v) is 13.7. The number of carboxylic acid groups (broad SMARTS) is 1. The summed E-state index contributed by atoms with van der Waals surface area (Å²) < 4.78 is 49.2. The number of carbonyl (C=O) groups excluding carboxylic acids is 6. The molecule has 1 aromatic rings. The predicted molar refractivity (Wildman–Crippen MR) is 265 cm³/mol. The molecular weight excluding hydrogens is 928 g/mol. The zero-order valence-corrected chi connectivity index (χ0v) is 44.8. The minimum atomic E-state index is -5.08. The second-order valence-corrected chi connectivity index (χ2v) is 20.2. The first-order valence-electron chi connectivity index (χ1n) is 24.9. The molecule has 2 rings (SSSR count). The zero-order chi connectivity index (χ0) is 54.5. The molecule has 0 aromatic heterocycles. The average Bonchev–Trinajstić information content (AvgIpc) is 3.79. The van der Waals surface area contributed by atoms with Gasteiger partial charge in [0.1, 0.15) is 11.8 Å². The Labute approximate surface area is 420 Å². The van der Waals surface area contributed by atoms with E-state index in [1.165, 1.54) is 0 Å². The van der Waals surface area contributed by atoms with Gasteiger partial charge in [-0.05, 0) is 69.0 Å². The highest BCUT2D eigenvalue weighted by molar-refractivity contribution is 5.90. The van der Waals surface area contributed by atoms with E-state index in [9.17, 15) is 41.9 Å². The fourth-order valence-electron chi connectivity index (χ4n) is 9.36. The molecule has 0 saturated carbocycles. The molecule has 0 bridgehead atoms. The molecule has 1 aliphatic rings. The Morgan fingerprint density at radius 2 is 1.45 bits per heavy atom. The van der Waals surface area contributed by atoms with Crippen molar-refractivity contribution in [3.05, 3.63) is 35.9 Å². The van der Waals surface area contributed by atoms with Crippen LogP contribution in [-0.4, -0.2) is 159 Å². The van der Waals surface area contributed by atoms with Crippen LogP contribution in [0, 0.1) is 41.4 Å². The first-order chi connectivity index (χ1) is 33.1. The number of nitrogens with zero attached hydrogens (tertiary/aromatic N) is 3. The van der Waals surface area contributed by atoms with Gasteiger partial charge in [-0.25, -0.2) is 4.79 Å². The molecule has 1 aliphatic heterocycles. The van der Waals surface area contributed by atoms with E-state index < -0.39 is 60.2 Å². The smallest absolute Gasteiger partial charge is 0.475 e. The Morgan fingerprint density at radius 1 is 0.859 bits per heavy atom. The van der Waals surface area contributed by atoms with Crippen molar-refractivity contribution >= 4 is 41.2 Å². The van der Waals surface area contributed by atoms with Crippen molar-refractivity contribution in [2.75, 3.05) is 55.1 Å². The van der Waals surface area contributed by atoms with E-state index in [1.54, 1.807) is 38.0 Å². The summed E-state index contributed by atoms with van der Waals surface area (Å²) in [7, 11) is 8.67. The number of methoxy groups -OCH3 is 2. The molecular formula is C52H86F3N5O11. The Morgan fingerprint density at radius 3 is 1.93 bits per heavy atom. The number of Topliss-reactive ketones (excluding diaryl/α,β-unsaturated/α-hetero) is 2. The number of likely N-dealkylation sites (N-methyl/N-ethyl adjacent to an activating group) is 2. The summed E-state index contributed by atoms with van der Waals surface area (Å²) in [4.78, 5) is 96.8. The Kier molecular flexibility index (Phi) is 28.4. The molecule has 19 heteroatoms. The van der Waals surface area contributed by atoms with Gasteiger partial charge in [0.25, 0.3) is 0 Å². The molecule has 406 valence electrons. The fraction of sp³-hybridized carbons (Fsp3) is 0.750. The largest absolute Gasteiger partial charge is 0.490 e. The summed E-state index contributed by atoms with van der Waals surface area (Å²) >= 11 is 0. The molecule has 16 nitrogen and oxygen atoms in total. The molecule has 3 amide bonds. The van der Waals surface area contributed by atoms with Crippen LogP contribution in [0.3, 0.4) is 0 Å². The van der Waals surface area contributed by atoms with Crippen LogP contribution >= 0.6 is 0 Å². The second-order valence-electron chi connectivity index (χ2n) is 20.2. The van der Waals surface area contributed by atoms with Crippen LogP contribution in [-0.2, 0) is 54.2 Å². The number of nitrogens with two attached hydrogens (primary N) is 1. The topological polar surface area (TPSA) is 215 Å². The number of carbonyl (C=O) groups is 7. The van der Waals surface area contributed by atoms with Crippen molar-refractivity contribution in [3.8, 4) is 0 Å². The Bertz CT molecular complexity index is 1830. The van der Waals surface area contributed by atoms with Gasteiger partial charge in [0, 0.05) is 65.0 Å². The maximum Gasteiger partial charge on any atom is 0.490 e. The number of alkyl halides is 3. The molecule has 10 atom stereocenters. The number of hydrogen-bond donors (Lipinski definition) is 3. The van der Waals surface area contributed by atoms with Gasteiger partial charge in [-0.1, -0.05) is 99.1 Å². The average molecular weight is 1010 g/mol. The summed E-state index contributed by atoms with van der Waals surface area (Å²) in [5.74, 6) is -5.80. The summed E-state index contributed by atoms with van der Waals surface area (Å²) in [5, 5.41) is 10.1. The molecule has 0 radical (unpaired) electrons. The van der Waals surface area contributed by atoms with Gasteiger partial charge in [0.15, 0.2) is 5.78 Å². The summed E-state index contributed by atoms with van der Waals surface area (Å²) in [6.45, 7) is 18.4. The van der Waals surface area contributed by atoms with E-state index in [1.807, 2.05) is 90.9 Å². The van der Waals surface area contributed by atoms with Gasteiger partial charge < -0.3 is 40.2 Å². The lowest BCUT2D eigenvalue weighted by molar-refractivity contribution is -0.192. The van der Waals surface area contributed by atoms with Crippen LogP contribution in [0.1, 0.15) is 113 Å². The molecule has 1 saturated heterocycles. The van der Waals surface area contributed by atoms with Crippen LogP contribution in [0.5, 0.6) is 0 Å². The highest BCUT2D eigenvalue weighted by Crippen LogP contribution is 2.32. The number of halogens is 3. The van der Waals surface area contributed by atoms with Gasteiger partial charge in [-0.2, -0.15) is 13.2 Å². The number of benzene rings is 1. The number of nitrogens with one attached hydrogen (secondary N) is 1. The summed E-state index contributed by atoms with van der Waals surface area (Å²) in [6, 6.07) is 7.70. The van der Waals surface area contributed by atoms with E-state index in [-0.39, 0.29) is 97.5 Å². The summed E-state index contributed by atoms with van der Waals surface area (Å²) in [6.07, 6.45) is -3.37. The number of likely N-dealkylation sites (tertiary alicyclic amines) is 1. The second kappa shape index (κ2) is 31.2. The Hall–Kier alpha value is -4.46. The number of ether oxygens (including phenoxy) is 3. The lowest BCUT2D eigenvalue weighted by Gasteiger charge is -2.41. The standard InChI is InChI=1S/C50H85N5O9.C2HF3O2/c1-15-34(8)46(54(12)49(60)38(31(2)3)29-41(57)45(33(6)7)53(10)11)42(62-13)30-43(58)55-25-19-23-39(55)47(63-14)35(9)40(56)28-37(27-36-21-17-16-18-22-36)48(59)52-24-20-26-64-50(61)44(51)32(4)5;3-2(4,5)1(6)7/h16-18,21-22,31-35,37-39,42,44-47H,15,19-20,23-30,51H2,1-14H3,(H,52,59);(H,6,7)/t34-,35-,37+,38-,39-,42+,44-,45-,46-,47+;/m0./s1. The molecule has 0 aliphatic carbocycles. The van der Waals surface area contributed by atoms with Crippen molar-refractivity contribution < 1.29 is 66.1 Å². The minimum Gasteiger partial charge on any atom is -0.475 e. The van der Waals surface area contributed by atoms with Crippen molar-refractivity contribution in [2.45, 2.75) is 156 Å². The third-order valence-electron chi connectivity index (χ3n) is 13.7. The number of carboxylic acids is 1. The fourth-order valence-corrected chi connectivity index (χ4v) is 9.36. The minimum absolute atomic E-state index is 0.0166. The maximum atomic E-state index is 14.4. The van der Waals surface area contributed by atoms with Crippen LogP contribution in [0.2, 0.25) is 0 Å². The molecule has 71 heavy (non-hydrogen) atoms. The first-order valence-corrected chi connectivity index (χ1v) is 24.9. The molecule has 0 unspecified atom stereocenters. The van der Waals surface area contributed by atoms with Crippen molar-refractivity contribution in [1.82, 2.24) is 20.0 Å². The highest BCUT2D eigenvalue weighted by Gasteiger charge is 2.44. The van der Waals surface area contributed by atoms with E-state index in [4.69, 9.17) is 29.8 Å². The lowest BCUT2D eigenvalue weighted by Crippen LogP contribution is -2.54. The van der Waals surface area contributed by atoms with Gasteiger partial charge in [0.05, 0.1) is 43.4 Å². The normalized spacial score (nSPS) is 17.8. The van der Waals surface area contributed by atoms with E-state index in [0.29, 0.717) is 25.8 Å². The van der Waals surface area contributed by atoms with Crippen molar-refractivity contribution in [1.29, 1.82) is 0 Å². The SMILES string of the molecule is CC[C@H](C)[C@@H]([C@@H](CC(=O)N1CCC[C@H]1[C@H](OC)[C@@H](C)C(=O)C[C@@H](Cc1ccccc1)C(=O)NCCCOC(=O)[C@@H](N)C(C)C)OC)N(C)C(=O)[C@@H](CC(=O)[C@H](C(C)C)N(C)C)C(C)C.O=C(O)C(F)(F)F. The number of hydrogen-bond acceptors (Lipinski definition) is 12. The van der Waals surface area contributed by atoms with Crippen LogP contribution < -0.4 is 11.1 Å². The summed E-state index contributed by atoms with van der Waals surface area (Å²) in [5.41, 5.74) is 6.80. The number of amides is 3. The van der Waals surface area contributed by atoms with Crippen LogP contribution in [0.25, 0.3) is 0 Å². The maximum absolute atomic E-state index is 14.4.